The molecule has 2 nitrogen and oxygen atoms in total. The molecule has 33 heavy (non-hydrogen) atoms. The van der Waals surface area contributed by atoms with E-state index in [1.165, 1.54) is 39.0 Å². The molecule has 0 heterocycles. The number of nitrogens with zero attached hydrogens (tertiary/aromatic N) is 2. The van der Waals surface area contributed by atoms with Crippen LogP contribution >= 0.6 is 0 Å². The first-order valence-electron chi connectivity index (χ1n) is 11.4. The molecule has 0 atom stereocenters. The van der Waals surface area contributed by atoms with Gasteiger partial charge in [-0.05, 0) is 64.0 Å². The molecule has 0 unspecified atom stereocenters. The summed E-state index contributed by atoms with van der Waals surface area (Å²) in [4.78, 5) is 0. The first kappa shape index (κ1) is 33.6. The van der Waals surface area contributed by atoms with Crippen molar-refractivity contribution in [3.05, 3.63) is 90.3 Å². The van der Waals surface area contributed by atoms with Crippen molar-refractivity contribution in [2.75, 3.05) is 7.05 Å². The number of azo groups is 1. The summed E-state index contributed by atoms with van der Waals surface area (Å²) < 4.78 is 0. The molecule has 0 bridgehead atoms. The van der Waals surface area contributed by atoms with Crippen molar-refractivity contribution in [3.8, 4) is 0 Å². The van der Waals surface area contributed by atoms with Gasteiger partial charge in [0.2, 0.25) is 0 Å². The zero-order chi connectivity index (χ0) is 22.6. The molecule has 0 aromatic heterocycles. The molecule has 3 heteroatoms. The molecule has 0 radical (unpaired) electrons. The van der Waals surface area contributed by atoms with Crippen LogP contribution in [0.4, 0.5) is 0 Å². The maximum atomic E-state index is 4.58. The molecule has 0 aliphatic rings. The fourth-order valence-corrected chi connectivity index (χ4v) is 4.37. The van der Waals surface area contributed by atoms with Crippen LogP contribution in [0.3, 0.4) is 0 Å². The van der Waals surface area contributed by atoms with Crippen molar-refractivity contribution in [2.24, 2.45) is 10.2 Å². The Morgan fingerprint density at radius 3 is 1.09 bits per heavy atom. The molecule has 0 saturated heterocycles. The summed E-state index contributed by atoms with van der Waals surface area (Å²) in [6, 6.07) is 13.6. The predicted molar refractivity (Wildman–Crippen MR) is 145 cm³/mol. The Bertz CT molecular complexity index is 816. The molecule has 2 rings (SSSR count). The van der Waals surface area contributed by atoms with E-state index in [-0.39, 0.29) is 35.3 Å². The van der Waals surface area contributed by atoms with Crippen LogP contribution in [0.2, 0.25) is 0 Å². The van der Waals surface area contributed by atoms with Gasteiger partial charge in [0, 0.05) is 12.6 Å². The molecule has 0 saturated carbocycles. The molecule has 0 amide bonds. The van der Waals surface area contributed by atoms with Crippen molar-refractivity contribution >= 4 is 5.57 Å². The molecule has 0 N–H and O–H groups in total. The Morgan fingerprint density at radius 2 is 0.879 bits per heavy atom. The van der Waals surface area contributed by atoms with Crippen LogP contribution in [-0.4, -0.2) is 7.05 Å². The Hall–Kier alpha value is -1.56. The molecule has 0 aliphatic carbocycles. The van der Waals surface area contributed by atoms with E-state index in [1.54, 1.807) is 7.05 Å². The zero-order valence-electron chi connectivity index (χ0n) is 23.0. The third kappa shape index (κ3) is 7.46. The summed E-state index contributed by atoms with van der Waals surface area (Å²) in [6.07, 6.45) is 0. The number of hydrogen-bond acceptors (Lipinski definition) is 2. The average molecular weight is 541 g/mol. The Labute approximate surface area is 219 Å². The monoisotopic (exact) mass is 540 g/mol. The van der Waals surface area contributed by atoms with Gasteiger partial charge in [0.25, 0.3) is 0 Å². The largest absolute Gasteiger partial charge is 2.00 e. The van der Waals surface area contributed by atoms with Gasteiger partial charge in [-0.15, -0.1) is 0 Å². The first-order chi connectivity index (χ1) is 14.1. The van der Waals surface area contributed by atoms with Crippen LogP contribution < -0.4 is 0 Å². The van der Waals surface area contributed by atoms with Crippen LogP contribution in [0, 0.1) is 14.9 Å². The van der Waals surface area contributed by atoms with Gasteiger partial charge in [-0.1, -0.05) is 91.8 Å². The molecule has 0 spiro atoms. The smallest absolute Gasteiger partial charge is 0.358 e. The summed E-state index contributed by atoms with van der Waals surface area (Å²) >= 11 is 0. The van der Waals surface area contributed by atoms with Crippen molar-refractivity contribution in [3.63, 3.8) is 0 Å². The van der Waals surface area contributed by atoms with Crippen LogP contribution in [0.25, 0.3) is 5.57 Å². The molecule has 186 valence electrons. The third-order valence-corrected chi connectivity index (χ3v) is 5.86. The van der Waals surface area contributed by atoms with Crippen molar-refractivity contribution in [2.45, 2.75) is 86.0 Å². The minimum atomic E-state index is 0. The van der Waals surface area contributed by atoms with E-state index in [9.17, 15) is 0 Å². The molecule has 2 aromatic rings. The molecule has 0 fully saturated rings. The van der Waals surface area contributed by atoms with Gasteiger partial charge in [0.15, 0.2) is 0 Å². The van der Waals surface area contributed by atoms with Gasteiger partial charge in [-0.2, -0.15) is 10.2 Å². The maximum Gasteiger partial charge on any atom is 2.00 e. The van der Waals surface area contributed by atoms with Crippen molar-refractivity contribution < 1.29 is 20.4 Å². The van der Waals surface area contributed by atoms with Gasteiger partial charge in [0.05, 0.1) is 5.70 Å². The number of rotatable bonds is 7. The summed E-state index contributed by atoms with van der Waals surface area (Å²) in [5.74, 6) is 1.70. The van der Waals surface area contributed by atoms with E-state index in [4.69, 9.17) is 0 Å². The third-order valence-electron chi connectivity index (χ3n) is 5.86. The number of benzene rings is 2. The van der Waals surface area contributed by atoms with Crippen molar-refractivity contribution in [1.82, 2.24) is 0 Å². The molecule has 0 aliphatic heterocycles. The van der Waals surface area contributed by atoms with Crippen LogP contribution in [0.1, 0.15) is 119 Å². The number of hydrogen-bond donors (Lipinski definition) is 0. The molecular weight excluding hydrogens is 495 g/mol. The second-order valence-corrected chi connectivity index (χ2v) is 9.50. The Balaban J connectivity index is 0. The van der Waals surface area contributed by atoms with Gasteiger partial charge in [0.1, 0.15) is 0 Å². The Kier molecular flexibility index (Phi) is 14.9. The van der Waals surface area contributed by atoms with Crippen molar-refractivity contribution in [1.29, 1.82) is 0 Å². The minimum absolute atomic E-state index is 0. The van der Waals surface area contributed by atoms with Gasteiger partial charge < -0.3 is 14.9 Å². The maximum absolute atomic E-state index is 4.58. The topological polar surface area (TPSA) is 24.7 Å². The minimum Gasteiger partial charge on any atom is -0.358 e. The second-order valence-electron chi connectivity index (χ2n) is 9.50. The summed E-state index contributed by atoms with van der Waals surface area (Å²) in [6.45, 7) is 20.4. The molecule has 2 aromatic carbocycles. The standard InChI is InChI=1S/C28H40N2.2CH3.Pd/c1-17(2)22-13-11-14-23(18(3)4)27(22)26(21(9)30-29-10)28-24(19(5)6)15-12-16-25(28)20(7)8;;;/h11-20H,1-10H3;2*1H3;/q;2*-1;+2. The average Bonchev–Trinajstić information content (AvgIpc) is 2.67. The summed E-state index contributed by atoms with van der Waals surface area (Å²) in [5, 5.41) is 8.76. The Morgan fingerprint density at radius 1 is 0.606 bits per heavy atom. The normalized spacial score (nSPS) is 11.0. The fourth-order valence-electron chi connectivity index (χ4n) is 4.37. The van der Waals surface area contributed by atoms with Crippen LogP contribution in [-0.2, 0) is 20.4 Å². The van der Waals surface area contributed by atoms with E-state index in [2.05, 4.69) is 109 Å². The van der Waals surface area contributed by atoms with Crippen LogP contribution in [0.5, 0.6) is 0 Å². The quantitative estimate of drug-likeness (QED) is 0.189. The number of allylic oxidation sites excluding steroid dienone is 1. The van der Waals surface area contributed by atoms with Gasteiger partial charge >= 0.3 is 20.4 Å². The second kappa shape index (κ2) is 14.6. The van der Waals surface area contributed by atoms with E-state index < -0.39 is 0 Å². The van der Waals surface area contributed by atoms with E-state index in [0.29, 0.717) is 23.7 Å². The van der Waals surface area contributed by atoms with Gasteiger partial charge in [-0.3, -0.25) is 0 Å². The predicted octanol–water partition coefficient (Wildman–Crippen LogP) is 9.94. The first-order valence-corrected chi connectivity index (χ1v) is 11.4. The van der Waals surface area contributed by atoms with Crippen LogP contribution in [0.15, 0.2) is 52.3 Å². The fraction of sp³-hybridized carbons (Fsp3) is 0.467. The van der Waals surface area contributed by atoms with E-state index in [0.717, 1.165) is 5.70 Å². The SMILES string of the molecule is CN=NC(C)=C(c1c(C(C)C)cccc1C(C)C)c1c(C(C)C)cccc1C(C)C.[CH3-].[CH3-].[Pd+2]. The van der Waals surface area contributed by atoms with Gasteiger partial charge in [-0.25, -0.2) is 0 Å². The van der Waals surface area contributed by atoms with E-state index in [1.807, 2.05) is 0 Å². The van der Waals surface area contributed by atoms with E-state index >= 15 is 0 Å². The summed E-state index contributed by atoms with van der Waals surface area (Å²) in [5.41, 5.74) is 10.5. The summed E-state index contributed by atoms with van der Waals surface area (Å²) in [7, 11) is 1.76. The molecular formula is C30H46N2Pd. The zero-order valence-corrected chi connectivity index (χ0v) is 24.5.